The van der Waals surface area contributed by atoms with E-state index in [-0.39, 0.29) is 0 Å². The fraction of sp³-hybridized carbons (Fsp3) is 0.0370. The van der Waals surface area contributed by atoms with Crippen molar-refractivity contribution in [1.29, 1.82) is 0 Å². The minimum Gasteiger partial charge on any atom is -0.366 e. The number of hydrogen-bond acceptors (Lipinski definition) is 2. The summed E-state index contributed by atoms with van der Waals surface area (Å²) in [6.45, 7) is 2.08. The molecule has 4 nitrogen and oxygen atoms in total. The number of rotatable bonds is 4. The van der Waals surface area contributed by atoms with Crippen molar-refractivity contribution in [1.82, 2.24) is 9.55 Å². The molecular weight excluding hydrogens is 382 g/mol. The summed E-state index contributed by atoms with van der Waals surface area (Å²) in [5.74, 6) is -0.439. The SMILES string of the molecule is Cc1ccc(-n2cc(-c3ccccc3)c3cc(-c4cccc(C(N)=O)c4)cnc32)cc1. The summed E-state index contributed by atoms with van der Waals surface area (Å²) < 4.78 is 2.13. The first kappa shape index (κ1) is 18.8. The Balaban J connectivity index is 1.74. The maximum Gasteiger partial charge on any atom is 0.248 e. The van der Waals surface area contributed by atoms with Gasteiger partial charge in [-0.15, -0.1) is 0 Å². The van der Waals surface area contributed by atoms with Gasteiger partial charge >= 0.3 is 0 Å². The number of amides is 1. The Morgan fingerprint density at radius 3 is 2.32 bits per heavy atom. The first-order chi connectivity index (χ1) is 15.1. The van der Waals surface area contributed by atoms with Crippen molar-refractivity contribution < 1.29 is 4.79 Å². The molecule has 5 rings (SSSR count). The van der Waals surface area contributed by atoms with E-state index in [0.29, 0.717) is 5.56 Å². The Labute approximate surface area is 180 Å². The second-order valence-corrected chi connectivity index (χ2v) is 7.65. The van der Waals surface area contributed by atoms with Crippen LogP contribution in [0, 0.1) is 6.92 Å². The molecule has 3 aromatic carbocycles. The summed E-state index contributed by atoms with van der Waals surface area (Å²) in [4.78, 5) is 16.4. The number of carbonyl (C=O) groups excluding carboxylic acids is 1. The average molecular weight is 403 g/mol. The molecule has 0 aliphatic carbocycles. The van der Waals surface area contributed by atoms with Gasteiger partial charge in [0.2, 0.25) is 5.91 Å². The largest absolute Gasteiger partial charge is 0.366 e. The molecule has 0 fully saturated rings. The average Bonchev–Trinajstić information content (AvgIpc) is 3.19. The van der Waals surface area contributed by atoms with Crippen LogP contribution in [0.5, 0.6) is 0 Å². The third kappa shape index (κ3) is 3.49. The van der Waals surface area contributed by atoms with Crippen LogP contribution in [0.2, 0.25) is 0 Å². The molecule has 0 atom stereocenters. The van der Waals surface area contributed by atoms with Crippen LogP contribution in [0.1, 0.15) is 15.9 Å². The zero-order valence-electron chi connectivity index (χ0n) is 17.1. The first-order valence-corrected chi connectivity index (χ1v) is 10.1. The van der Waals surface area contributed by atoms with Crippen molar-refractivity contribution in [2.45, 2.75) is 6.92 Å². The van der Waals surface area contributed by atoms with E-state index in [1.165, 1.54) is 5.56 Å². The third-order valence-electron chi connectivity index (χ3n) is 5.52. The van der Waals surface area contributed by atoms with Crippen LogP contribution >= 0.6 is 0 Å². The molecule has 2 N–H and O–H groups in total. The molecule has 5 aromatic rings. The lowest BCUT2D eigenvalue weighted by Gasteiger charge is -2.07. The van der Waals surface area contributed by atoms with Crippen LogP contribution in [0.4, 0.5) is 0 Å². The van der Waals surface area contributed by atoms with E-state index in [4.69, 9.17) is 10.7 Å². The maximum absolute atomic E-state index is 11.6. The summed E-state index contributed by atoms with van der Waals surface area (Å²) in [7, 11) is 0. The summed E-state index contributed by atoms with van der Waals surface area (Å²) >= 11 is 0. The number of primary amides is 1. The monoisotopic (exact) mass is 403 g/mol. The summed E-state index contributed by atoms with van der Waals surface area (Å²) in [5.41, 5.74) is 13.2. The molecule has 0 aliphatic heterocycles. The molecule has 0 saturated heterocycles. The molecule has 0 saturated carbocycles. The minimum absolute atomic E-state index is 0.439. The van der Waals surface area contributed by atoms with Crippen molar-refractivity contribution in [3.05, 3.63) is 108 Å². The Kier molecular flexibility index (Phi) is 4.60. The Bertz CT molecular complexity index is 1400. The zero-order valence-corrected chi connectivity index (χ0v) is 17.1. The van der Waals surface area contributed by atoms with Gasteiger partial charge in [-0.25, -0.2) is 4.98 Å². The van der Waals surface area contributed by atoms with Crippen molar-refractivity contribution in [2.75, 3.05) is 0 Å². The van der Waals surface area contributed by atoms with Crippen molar-refractivity contribution in [3.63, 3.8) is 0 Å². The number of fused-ring (bicyclic) bond motifs is 1. The predicted molar refractivity (Wildman–Crippen MR) is 125 cm³/mol. The number of aromatic nitrogens is 2. The van der Waals surface area contributed by atoms with Crippen LogP contribution in [0.3, 0.4) is 0 Å². The predicted octanol–water partition coefficient (Wildman–Crippen LogP) is 5.77. The van der Waals surface area contributed by atoms with Crippen molar-refractivity contribution >= 4 is 16.9 Å². The number of aryl methyl sites for hydroxylation is 1. The van der Waals surface area contributed by atoms with Crippen molar-refractivity contribution in [3.8, 4) is 27.9 Å². The second kappa shape index (κ2) is 7.58. The molecule has 0 unspecified atom stereocenters. The quantitative estimate of drug-likeness (QED) is 0.414. The normalized spacial score (nSPS) is 11.0. The lowest BCUT2D eigenvalue weighted by Crippen LogP contribution is -2.10. The van der Waals surface area contributed by atoms with E-state index in [9.17, 15) is 4.79 Å². The molecule has 2 heterocycles. The topological polar surface area (TPSA) is 60.9 Å². The van der Waals surface area contributed by atoms with Crippen LogP contribution in [-0.4, -0.2) is 15.5 Å². The molecule has 0 aliphatic rings. The molecule has 0 bridgehead atoms. The maximum atomic E-state index is 11.6. The van der Waals surface area contributed by atoms with Gasteiger partial charge in [0.15, 0.2) is 0 Å². The molecular formula is C27H21N3O. The third-order valence-corrected chi connectivity index (χ3v) is 5.52. The number of pyridine rings is 1. The van der Waals surface area contributed by atoms with E-state index in [1.807, 2.05) is 42.6 Å². The lowest BCUT2D eigenvalue weighted by atomic mass is 10.0. The number of benzene rings is 3. The zero-order chi connectivity index (χ0) is 21.4. The molecule has 31 heavy (non-hydrogen) atoms. The van der Waals surface area contributed by atoms with Crippen LogP contribution < -0.4 is 5.73 Å². The highest BCUT2D eigenvalue weighted by atomic mass is 16.1. The van der Waals surface area contributed by atoms with Gasteiger partial charge in [0.05, 0.1) is 0 Å². The fourth-order valence-electron chi connectivity index (χ4n) is 3.87. The fourth-order valence-corrected chi connectivity index (χ4v) is 3.87. The number of nitrogens with two attached hydrogens (primary N) is 1. The number of hydrogen-bond donors (Lipinski definition) is 1. The van der Waals surface area contributed by atoms with Crippen LogP contribution in [-0.2, 0) is 0 Å². The molecule has 0 spiro atoms. The molecule has 2 aromatic heterocycles. The van der Waals surface area contributed by atoms with E-state index >= 15 is 0 Å². The number of nitrogens with zero attached hydrogens (tertiary/aromatic N) is 2. The van der Waals surface area contributed by atoms with Gasteiger partial charge in [-0.2, -0.15) is 0 Å². The highest BCUT2D eigenvalue weighted by Crippen LogP contribution is 2.34. The van der Waals surface area contributed by atoms with Crippen LogP contribution in [0.25, 0.3) is 39.0 Å². The molecule has 0 radical (unpaired) electrons. The number of carbonyl (C=O) groups is 1. The van der Waals surface area contributed by atoms with Crippen LogP contribution in [0.15, 0.2) is 97.3 Å². The molecule has 1 amide bonds. The highest BCUT2D eigenvalue weighted by molar-refractivity contribution is 5.98. The Hall–Kier alpha value is -4.18. The second-order valence-electron chi connectivity index (χ2n) is 7.65. The Morgan fingerprint density at radius 2 is 1.58 bits per heavy atom. The first-order valence-electron chi connectivity index (χ1n) is 10.1. The standard InChI is InChI=1S/C27H21N3O/c1-18-10-12-23(13-11-18)30-17-25(19-6-3-2-4-7-19)24-15-22(16-29-27(24)30)20-8-5-9-21(14-20)26(28)31/h2-17H,1H3,(H2,28,31). The van der Waals surface area contributed by atoms with E-state index in [1.54, 1.807) is 6.07 Å². The summed E-state index contributed by atoms with van der Waals surface area (Å²) in [5, 5.41) is 1.05. The van der Waals surface area contributed by atoms with E-state index in [2.05, 4.69) is 60.2 Å². The van der Waals surface area contributed by atoms with Crippen molar-refractivity contribution in [2.24, 2.45) is 5.73 Å². The van der Waals surface area contributed by atoms with Gasteiger partial charge < -0.3 is 10.3 Å². The molecule has 4 heteroatoms. The van der Waals surface area contributed by atoms with E-state index in [0.717, 1.165) is 39.0 Å². The van der Waals surface area contributed by atoms with Gasteiger partial charge in [0.1, 0.15) is 5.65 Å². The van der Waals surface area contributed by atoms with E-state index < -0.39 is 5.91 Å². The summed E-state index contributed by atoms with van der Waals surface area (Å²) in [6.07, 6.45) is 3.99. The molecule has 150 valence electrons. The summed E-state index contributed by atoms with van der Waals surface area (Å²) in [6, 6.07) is 28.2. The van der Waals surface area contributed by atoms with Gasteiger partial charge in [-0.05, 0) is 48.4 Å². The smallest absolute Gasteiger partial charge is 0.248 e. The van der Waals surface area contributed by atoms with Gasteiger partial charge in [-0.3, -0.25) is 4.79 Å². The Morgan fingerprint density at radius 1 is 0.839 bits per heavy atom. The lowest BCUT2D eigenvalue weighted by molar-refractivity contribution is 0.100. The van der Waals surface area contributed by atoms with Gasteiger partial charge in [0, 0.05) is 40.2 Å². The van der Waals surface area contributed by atoms with Gasteiger partial charge in [0.25, 0.3) is 0 Å². The van der Waals surface area contributed by atoms with Gasteiger partial charge in [-0.1, -0.05) is 60.2 Å². The minimum atomic E-state index is -0.439. The highest BCUT2D eigenvalue weighted by Gasteiger charge is 2.14.